The van der Waals surface area contributed by atoms with Crippen molar-refractivity contribution >= 4 is 28.3 Å². The SMILES string of the molecule is Cc1ccc(C2=C(c3ccc(C)cc3)[B-](c3ccc(C)cc3)(c3ccc(C)cc3)[O+](C)c3ccccc32)cc1. The summed E-state index contributed by atoms with van der Waals surface area (Å²) in [5.41, 5.74) is 14.0. The molecule has 0 radical (unpaired) electrons. The quantitative estimate of drug-likeness (QED) is 0.171. The minimum Gasteiger partial charge on any atom is -0.810 e. The highest BCUT2D eigenvalue weighted by Crippen LogP contribution is 2.51. The van der Waals surface area contributed by atoms with E-state index in [9.17, 15) is 0 Å². The van der Waals surface area contributed by atoms with Gasteiger partial charge >= 0.3 is 6.35 Å². The van der Waals surface area contributed by atoms with Crippen molar-refractivity contribution in [2.24, 2.45) is 0 Å². The van der Waals surface area contributed by atoms with E-state index in [1.54, 1.807) is 0 Å². The lowest BCUT2D eigenvalue weighted by Crippen LogP contribution is -2.66. The van der Waals surface area contributed by atoms with Crippen LogP contribution < -0.4 is 10.9 Å². The molecule has 5 aromatic rings. The Balaban J connectivity index is 1.85. The monoisotopic (exact) mass is 506 g/mol. The second-order valence-electron chi connectivity index (χ2n) is 11.2. The molecule has 0 bridgehead atoms. The number of hydrogen-bond acceptors (Lipinski definition) is 0. The maximum atomic E-state index is 3.71. The molecule has 0 saturated heterocycles. The Labute approximate surface area is 233 Å². The van der Waals surface area contributed by atoms with E-state index in [0.717, 1.165) is 0 Å². The van der Waals surface area contributed by atoms with E-state index in [1.807, 2.05) is 0 Å². The fourth-order valence-electron chi connectivity index (χ4n) is 6.42. The Morgan fingerprint density at radius 1 is 0.462 bits per heavy atom. The van der Waals surface area contributed by atoms with Crippen LogP contribution in [0.4, 0.5) is 0 Å². The minimum absolute atomic E-state index is 1.17. The van der Waals surface area contributed by atoms with E-state index < -0.39 is 6.35 Å². The van der Waals surface area contributed by atoms with E-state index in [4.69, 9.17) is 0 Å². The largest absolute Gasteiger partial charge is 0.810 e. The lowest BCUT2D eigenvalue weighted by molar-refractivity contribution is 0.173. The maximum absolute atomic E-state index is 3.71. The van der Waals surface area contributed by atoms with Crippen molar-refractivity contribution in [1.29, 1.82) is 0 Å². The van der Waals surface area contributed by atoms with Gasteiger partial charge in [-0.2, -0.15) is 0 Å². The Hall–Kier alpha value is -4.30. The van der Waals surface area contributed by atoms with Gasteiger partial charge < -0.3 is 4.28 Å². The number of rotatable bonds is 4. The average molecular weight is 506 g/mol. The van der Waals surface area contributed by atoms with Crippen molar-refractivity contribution in [2.75, 3.05) is 7.11 Å². The smallest absolute Gasteiger partial charge is 0.415 e. The number of aryl methyl sites for hydroxylation is 4. The predicted molar refractivity (Wildman–Crippen MR) is 169 cm³/mol. The molecule has 2 heteroatoms. The fourth-order valence-corrected chi connectivity index (χ4v) is 6.42. The molecule has 0 atom stereocenters. The van der Waals surface area contributed by atoms with E-state index in [1.165, 1.54) is 66.7 Å². The van der Waals surface area contributed by atoms with Crippen molar-refractivity contribution in [1.82, 2.24) is 0 Å². The van der Waals surface area contributed by atoms with Gasteiger partial charge in [-0.15, -0.1) is 10.9 Å². The van der Waals surface area contributed by atoms with Crippen molar-refractivity contribution in [2.45, 2.75) is 27.7 Å². The molecular weight excluding hydrogens is 471 g/mol. The molecule has 0 unspecified atom stereocenters. The van der Waals surface area contributed by atoms with Crippen LogP contribution in [0.1, 0.15) is 38.9 Å². The molecule has 0 aromatic heterocycles. The molecule has 0 saturated carbocycles. The molecule has 5 aromatic carbocycles. The van der Waals surface area contributed by atoms with Gasteiger partial charge in [0.05, 0.1) is 5.56 Å². The van der Waals surface area contributed by atoms with Crippen LogP contribution in [0.5, 0.6) is 5.75 Å². The molecule has 0 fully saturated rings. The topological polar surface area (TPSA) is 2.70 Å². The highest BCUT2D eigenvalue weighted by Gasteiger charge is 2.51. The summed E-state index contributed by atoms with van der Waals surface area (Å²) in [6.07, 6.45) is -1.63. The number of fused-ring (bicyclic) bond motifs is 1. The Kier molecular flexibility index (Phi) is 6.27. The summed E-state index contributed by atoms with van der Waals surface area (Å²) < 4.78 is 3.71. The zero-order chi connectivity index (χ0) is 27.1. The van der Waals surface area contributed by atoms with Gasteiger partial charge in [0.1, 0.15) is 7.11 Å². The maximum Gasteiger partial charge on any atom is 0.415 e. The molecule has 0 N–H and O–H groups in total. The normalized spacial score (nSPS) is 14.3. The van der Waals surface area contributed by atoms with Gasteiger partial charge in [-0.1, -0.05) is 142 Å². The third-order valence-electron chi connectivity index (χ3n) is 8.51. The van der Waals surface area contributed by atoms with E-state index >= 15 is 0 Å². The summed E-state index contributed by atoms with van der Waals surface area (Å²) in [5.74, 6) is 1.17. The van der Waals surface area contributed by atoms with Crippen LogP contribution in [-0.4, -0.2) is 13.5 Å². The van der Waals surface area contributed by atoms with Gasteiger partial charge in [0.25, 0.3) is 0 Å². The van der Waals surface area contributed by atoms with Crippen molar-refractivity contribution in [3.8, 4) is 5.75 Å². The lowest BCUT2D eigenvalue weighted by Gasteiger charge is -2.55. The first kappa shape index (κ1) is 25.0. The summed E-state index contributed by atoms with van der Waals surface area (Å²) in [6.45, 7) is 8.65. The predicted octanol–water partition coefficient (Wildman–Crippen LogP) is 8.09. The molecule has 1 heterocycles. The minimum atomic E-state index is -1.63. The van der Waals surface area contributed by atoms with E-state index in [0.29, 0.717) is 0 Å². The molecule has 1 aliphatic heterocycles. The molecule has 0 aliphatic carbocycles. The number of para-hydroxylation sites is 1. The van der Waals surface area contributed by atoms with Gasteiger partial charge in [-0.25, -0.2) is 0 Å². The Morgan fingerprint density at radius 3 is 1.36 bits per heavy atom. The first-order chi connectivity index (χ1) is 18.9. The Bertz CT molecular complexity index is 1610. The van der Waals surface area contributed by atoms with Gasteiger partial charge in [-0.3, -0.25) is 0 Å². The van der Waals surface area contributed by atoms with Gasteiger partial charge in [0.15, 0.2) is 0 Å². The molecule has 1 nitrogen and oxygen atoms in total. The molecule has 6 rings (SSSR count). The van der Waals surface area contributed by atoms with Crippen molar-refractivity contribution < 1.29 is 4.28 Å². The third-order valence-corrected chi connectivity index (χ3v) is 8.51. The first-order valence-electron chi connectivity index (χ1n) is 13.8. The van der Waals surface area contributed by atoms with Crippen LogP contribution in [0.2, 0.25) is 0 Å². The molecule has 1 aliphatic rings. The van der Waals surface area contributed by atoms with Crippen LogP contribution in [0.15, 0.2) is 121 Å². The summed E-state index contributed by atoms with van der Waals surface area (Å²) in [4.78, 5) is 0. The number of hydrogen-bond donors (Lipinski definition) is 0. The van der Waals surface area contributed by atoms with Crippen LogP contribution in [0, 0.1) is 27.7 Å². The zero-order valence-corrected chi connectivity index (χ0v) is 23.5. The first-order valence-corrected chi connectivity index (χ1v) is 13.8. The highest BCUT2D eigenvalue weighted by atomic mass is 16.6. The summed E-state index contributed by atoms with van der Waals surface area (Å²) in [6, 6.07) is 45.3. The second kappa shape index (κ2) is 9.78. The lowest BCUT2D eigenvalue weighted by atomic mass is 9.25. The summed E-state index contributed by atoms with van der Waals surface area (Å²) in [7, 11) is 2.21. The van der Waals surface area contributed by atoms with Crippen LogP contribution in [0.25, 0.3) is 11.0 Å². The van der Waals surface area contributed by atoms with Gasteiger partial charge in [-0.05, 0) is 44.9 Å². The fraction of sp³-hybridized carbons (Fsp3) is 0.135. The van der Waals surface area contributed by atoms with Gasteiger partial charge in [0.2, 0.25) is 5.75 Å². The standard InChI is InChI=1S/C37H35BO/c1-26-10-18-30(19-11-26)36-34-8-6-7-9-35(34)39(5)38(32-22-14-28(3)15-23-32,33-24-16-29(4)17-25-33)37(36)31-20-12-27(2)13-21-31/h6-25H,1-5H3. The highest BCUT2D eigenvalue weighted by molar-refractivity contribution is 7.12. The van der Waals surface area contributed by atoms with Gasteiger partial charge in [0, 0.05) is 6.07 Å². The zero-order valence-electron chi connectivity index (χ0n) is 23.5. The molecule has 0 spiro atoms. The summed E-state index contributed by atoms with van der Waals surface area (Å²) >= 11 is 0. The molecule has 0 amide bonds. The van der Waals surface area contributed by atoms with Crippen LogP contribution >= 0.6 is 0 Å². The van der Waals surface area contributed by atoms with Crippen molar-refractivity contribution in [3.63, 3.8) is 0 Å². The Morgan fingerprint density at radius 2 is 0.872 bits per heavy atom. The van der Waals surface area contributed by atoms with Crippen LogP contribution in [-0.2, 0) is 4.28 Å². The van der Waals surface area contributed by atoms with Crippen molar-refractivity contribution in [3.05, 3.63) is 160 Å². The third kappa shape index (κ3) is 4.12. The van der Waals surface area contributed by atoms with Crippen LogP contribution in [0.3, 0.4) is 0 Å². The number of benzene rings is 5. The molecular formula is C37H35BO. The molecule has 192 valence electrons. The molecule has 39 heavy (non-hydrogen) atoms. The summed E-state index contributed by atoms with van der Waals surface area (Å²) in [5, 5.41) is 0. The van der Waals surface area contributed by atoms with E-state index in [2.05, 4.69) is 160 Å². The van der Waals surface area contributed by atoms with E-state index in [-0.39, 0.29) is 0 Å². The second-order valence-corrected chi connectivity index (χ2v) is 11.2. The average Bonchev–Trinajstić information content (AvgIpc) is 2.95.